The highest BCUT2D eigenvalue weighted by atomic mass is 16.4. The Morgan fingerprint density at radius 1 is 1.53 bits per heavy atom. The van der Waals surface area contributed by atoms with Gasteiger partial charge < -0.3 is 20.6 Å². The van der Waals surface area contributed by atoms with Crippen molar-refractivity contribution in [1.82, 2.24) is 5.32 Å². The van der Waals surface area contributed by atoms with Crippen LogP contribution in [0.4, 0.5) is 0 Å². The summed E-state index contributed by atoms with van der Waals surface area (Å²) >= 11 is 0. The number of hydrogen-bond donors (Lipinski definition) is 3. The molecule has 2 unspecified atom stereocenters. The number of amides is 1. The smallest absolute Gasteiger partial charge is 0.287 e. The zero-order chi connectivity index (χ0) is 12.3. The van der Waals surface area contributed by atoms with Crippen LogP contribution in [0, 0.1) is 0 Å². The Balaban J connectivity index is 1.92. The number of nitrogens with one attached hydrogen (secondary N) is 1. The first-order chi connectivity index (χ1) is 8.19. The molecule has 0 radical (unpaired) electrons. The lowest BCUT2D eigenvalue weighted by atomic mass is 9.93. The topological polar surface area (TPSA) is 88.5 Å². The fraction of sp³-hybridized carbons (Fsp3) is 0.583. The SMILES string of the molecule is NCc1ccc(C(=O)NC2CCCC(O)C2)o1. The zero-order valence-electron chi connectivity index (χ0n) is 9.69. The molecule has 17 heavy (non-hydrogen) atoms. The van der Waals surface area contributed by atoms with E-state index in [-0.39, 0.29) is 30.4 Å². The van der Waals surface area contributed by atoms with Crippen LogP contribution in [0.3, 0.4) is 0 Å². The molecule has 2 rings (SSSR count). The lowest BCUT2D eigenvalue weighted by Crippen LogP contribution is -2.39. The van der Waals surface area contributed by atoms with Gasteiger partial charge in [0.1, 0.15) is 5.76 Å². The van der Waals surface area contributed by atoms with Crippen molar-refractivity contribution in [3.8, 4) is 0 Å². The summed E-state index contributed by atoms with van der Waals surface area (Å²) < 4.78 is 5.26. The third-order valence-electron chi connectivity index (χ3n) is 3.07. The van der Waals surface area contributed by atoms with Gasteiger partial charge >= 0.3 is 0 Å². The van der Waals surface area contributed by atoms with Gasteiger partial charge in [0.2, 0.25) is 0 Å². The van der Waals surface area contributed by atoms with Crippen molar-refractivity contribution in [2.45, 2.75) is 44.4 Å². The van der Waals surface area contributed by atoms with Crippen LogP contribution < -0.4 is 11.1 Å². The van der Waals surface area contributed by atoms with E-state index in [1.807, 2.05) is 0 Å². The number of hydrogen-bond acceptors (Lipinski definition) is 4. The molecule has 2 atom stereocenters. The molecule has 1 heterocycles. The molecule has 1 aromatic rings. The van der Waals surface area contributed by atoms with Gasteiger partial charge in [0.15, 0.2) is 5.76 Å². The van der Waals surface area contributed by atoms with Crippen LogP contribution in [0.15, 0.2) is 16.5 Å². The van der Waals surface area contributed by atoms with Crippen molar-refractivity contribution in [2.24, 2.45) is 5.73 Å². The molecule has 0 spiro atoms. The number of rotatable bonds is 3. The second-order valence-electron chi connectivity index (χ2n) is 4.46. The predicted octanol–water partition coefficient (Wildman–Crippen LogP) is 0.772. The van der Waals surface area contributed by atoms with Crippen LogP contribution in [0.25, 0.3) is 0 Å². The molecule has 1 aromatic heterocycles. The molecule has 1 saturated carbocycles. The summed E-state index contributed by atoms with van der Waals surface area (Å²) in [7, 11) is 0. The van der Waals surface area contributed by atoms with Crippen LogP contribution in [0.1, 0.15) is 42.0 Å². The standard InChI is InChI=1S/C12H18N2O3/c13-7-10-4-5-11(17-10)12(16)14-8-2-1-3-9(15)6-8/h4-5,8-9,15H,1-3,6-7,13H2,(H,14,16). The van der Waals surface area contributed by atoms with E-state index < -0.39 is 0 Å². The maximum Gasteiger partial charge on any atom is 0.287 e. The normalized spacial score (nSPS) is 24.6. The zero-order valence-corrected chi connectivity index (χ0v) is 9.69. The summed E-state index contributed by atoms with van der Waals surface area (Å²) in [5.74, 6) is 0.646. The van der Waals surface area contributed by atoms with E-state index in [2.05, 4.69) is 5.32 Å². The van der Waals surface area contributed by atoms with Gasteiger partial charge in [-0.25, -0.2) is 0 Å². The van der Waals surface area contributed by atoms with Crippen LogP contribution in [-0.4, -0.2) is 23.2 Å². The largest absolute Gasteiger partial charge is 0.455 e. The molecule has 1 aliphatic rings. The van der Waals surface area contributed by atoms with E-state index in [9.17, 15) is 9.90 Å². The maximum atomic E-state index is 11.8. The van der Waals surface area contributed by atoms with Gasteiger partial charge in [-0.1, -0.05) is 0 Å². The molecular weight excluding hydrogens is 220 g/mol. The molecule has 0 aromatic carbocycles. The van der Waals surface area contributed by atoms with Crippen LogP contribution >= 0.6 is 0 Å². The van der Waals surface area contributed by atoms with Crippen molar-refractivity contribution in [3.05, 3.63) is 23.7 Å². The third kappa shape index (κ3) is 3.08. The predicted molar refractivity (Wildman–Crippen MR) is 62.3 cm³/mol. The number of aliphatic hydroxyl groups is 1. The molecule has 0 aliphatic heterocycles. The lowest BCUT2D eigenvalue weighted by molar-refractivity contribution is 0.0824. The summed E-state index contributed by atoms with van der Waals surface area (Å²) in [4.78, 5) is 11.8. The number of aliphatic hydroxyl groups excluding tert-OH is 1. The molecule has 94 valence electrons. The fourth-order valence-electron chi connectivity index (χ4n) is 2.16. The first-order valence-electron chi connectivity index (χ1n) is 5.96. The average molecular weight is 238 g/mol. The minimum Gasteiger partial charge on any atom is -0.455 e. The van der Waals surface area contributed by atoms with E-state index >= 15 is 0 Å². The summed E-state index contributed by atoms with van der Waals surface area (Å²) in [6, 6.07) is 3.36. The van der Waals surface area contributed by atoms with Gasteiger partial charge in [0.05, 0.1) is 12.6 Å². The van der Waals surface area contributed by atoms with Crippen LogP contribution in [-0.2, 0) is 6.54 Å². The Hall–Kier alpha value is -1.33. The van der Waals surface area contributed by atoms with Crippen molar-refractivity contribution in [3.63, 3.8) is 0 Å². The van der Waals surface area contributed by atoms with Gasteiger partial charge in [-0.3, -0.25) is 4.79 Å². The Morgan fingerprint density at radius 2 is 2.35 bits per heavy atom. The molecular formula is C12H18N2O3. The van der Waals surface area contributed by atoms with E-state index in [1.165, 1.54) is 0 Å². The minimum atomic E-state index is -0.301. The maximum absolute atomic E-state index is 11.8. The summed E-state index contributed by atoms with van der Waals surface area (Å²) in [5.41, 5.74) is 5.41. The minimum absolute atomic E-state index is 0.0395. The molecule has 1 amide bonds. The Morgan fingerprint density at radius 3 is 3.00 bits per heavy atom. The summed E-state index contributed by atoms with van der Waals surface area (Å²) in [6.45, 7) is 0.287. The Kier molecular flexibility index (Phi) is 3.81. The van der Waals surface area contributed by atoms with Crippen LogP contribution in [0.5, 0.6) is 0 Å². The van der Waals surface area contributed by atoms with Gasteiger partial charge in [-0.05, 0) is 37.8 Å². The second kappa shape index (κ2) is 5.33. The van der Waals surface area contributed by atoms with Crippen molar-refractivity contribution in [2.75, 3.05) is 0 Å². The summed E-state index contributed by atoms with van der Waals surface area (Å²) in [5, 5.41) is 12.4. The highest BCUT2D eigenvalue weighted by Gasteiger charge is 2.23. The van der Waals surface area contributed by atoms with E-state index in [0.29, 0.717) is 12.2 Å². The van der Waals surface area contributed by atoms with Crippen molar-refractivity contribution >= 4 is 5.91 Å². The van der Waals surface area contributed by atoms with Crippen LogP contribution in [0.2, 0.25) is 0 Å². The molecule has 5 heteroatoms. The van der Waals surface area contributed by atoms with Crippen molar-refractivity contribution < 1.29 is 14.3 Å². The molecule has 0 bridgehead atoms. The molecule has 4 N–H and O–H groups in total. The fourth-order valence-corrected chi connectivity index (χ4v) is 2.16. The number of carbonyl (C=O) groups is 1. The number of furan rings is 1. The van der Waals surface area contributed by atoms with E-state index in [4.69, 9.17) is 10.2 Å². The highest BCUT2D eigenvalue weighted by Crippen LogP contribution is 2.19. The molecule has 0 saturated heterocycles. The van der Waals surface area contributed by atoms with Gasteiger partial charge in [-0.15, -0.1) is 0 Å². The Labute approximate surface area is 100.0 Å². The lowest BCUT2D eigenvalue weighted by Gasteiger charge is -2.26. The number of nitrogens with two attached hydrogens (primary N) is 1. The third-order valence-corrected chi connectivity index (χ3v) is 3.07. The average Bonchev–Trinajstić information content (AvgIpc) is 2.77. The van der Waals surface area contributed by atoms with E-state index in [1.54, 1.807) is 12.1 Å². The molecule has 1 aliphatic carbocycles. The van der Waals surface area contributed by atoms with Gasteiger partial charge in [0, 0.05) is 6.04 Å². The van der Waals surface area contributed by atoms with Gasteiger partial charge in [0.25, 0.3) is 5.91 Å². The summed E-state index contributed by atoms with van der Waals surface area (Å²) in [6.07, 6.45) is 3.00. The van der Waals surface area contributed by atoms with E-state index in [0.717, 1.165) is 19.3 Å². The number of carbonyl (C=O) groups excluding carboxylic acids is 1. The quantitative estimate of drug-likeness (QED) is 0.725. The highest BCUT2D eigenvalue weighted by molar-refractivity contribution is 5.91. The monoisotopic (exact) mass is 238 g/mol. The van der Waals surface area contributed by atoms with Gasteiger partial charge in [-0.2, -0.15) is 0 Å². The second-order valence-corrected chi connectivity index (χ2v) is 4.46. The first-order valence-corrected chi connectivity index (χ1v) is 5.96. The first kappa shape index (κ1) is 12.1. The molecule has 1 fully saturated rings. The van der Waals surface area contributed by atoms with Crippen molar-refractivity contribution in [1.29, 1.82) is 0 Å². The molecule has 5 nitrogen and oxygen atoms in total. The Bertz CT molecular complexity index is 389.